The van der Waals surface area contributed by atoms with Crippen LogP contribution in [0.25, 0.3) is 0 Å². The van der Waals surface area contributed by atoms with E-state index in [0.29, 0.717) is 5.17 Å². The van der Waals surface area contributed by atoms with Gasteiger partial charge in [0.1, 0.15) is 17.6 Å². The first-order valence-corrected chi connectivity index (χ1v) is 5.53. The van der Waals surface area contributed by atoms with Crippen molar-refractivity contribution in [3.8, 4) is 0 Å². The van der Waals surface area contributed by atoms with Gasteiger partial charge < -0.3 is 20.3 Å². The van der Waals surface area contributed by atoms with Crippen LogP contribution in [-0.4, -0.2) is 58.9 Å². The van der Waals surface area contributed by atoms with Crippen molar-refractivity contribution < 1.29 is 19.3 Å². The van der Waals surface area contributed by atoms with Gasteiger partial charge in [0.15, 0.2) is 11.3 Å². The maximum absolute atomic E-state index is 13.7. The van der Waals surface area contributed by atoms with Crippen molar-refractivity contribution in [2.45, 2.75) is 29.9 Å². The highest BCUT2D eigenvalue weighted by atomic mass is 32.2. The van der Waals surface area contributed by atoms with Crippen LogP contribution in [0.5, 0.6) is 0 Å². The molecule has 2 rings (SSSR count). The van der Waals surface area contributed by atoms with Gasteiger partial charge in [0.2, 0.25) is 0 Å². The predicted octanol–water partition coefficient (Wildman–Crippen LogP) is -0.907. The number of fused-ring (bicyclic) bond motifs is 1. The van der Waals surface area contributed by atoms with Gasteiger partial charge in [-0.3, -0.25) is 4.99 Å². The van der Waals surface area contributed by atoms with Crippen LogP contribution in [0.4, 0.5) is 4.39 Å². The zero-order valence-electron chi connectivity index (χ0n) is 8.13. The lowest BCUT2D eigenvalue weighted by Gasteiger charge is -2.36. The molecule has 0 bridgehead atoms. The Bertz CT molecular complexity index is 279. The standard InChI is InChI=1S/C8H13FN2O3S/c1-10-8-11-5-4(9)6(13)3(2-12)14-7(5)15-8/h3-7,12-13H,2H2,1H3,(H,10,11)/t3-,4-,5-,6-,7?/m1/s1. The smallest absolute Gasteiger partial charge is 0.159 e. The Hall–Kier alpha value is -0.370. The molecule has 5 atom stereocenters. The average molecular weight is 236 g/mol. The summed E-state index contributed by atoms with van der Waals surface area (Å²) in [5.41, 5.74) is -0.431. The highest BCUT2D eigenvalue weighted by molar-refractivity contribution is 8.14. The molecule has 0 aromatic carbocycles. The number of halogens is 1. The summed E-state index contributed by atoms with van der Waals surface area (Å²) in [7, 11) is 1.60. The first-order chi connectivity index (χ1) is 7.17. The van der Waals surface area contributed by atoms with Crippen LogP contribution >= 0.6 is 11.8 Å². The molecule has 5 nitrogen and oxygen atoms in total. The number of nitrogens with one attached hydrogen (secondary N) is 1. The third-order valence-electron chi connectivity index (χ3n) is 2.55. The number of ether oxygens (including phenoxy) is 1. The van der Waals surface area contributed by atoms with Crippen molar-refractivity contribution in [3.63, 3.8) is 0 Å². The molecule has 2 aliphatic rings. The van der Waals surface area contributed by atoms with Gasteiger partial charge in [-0.05, 0) is 0 Å². The number of nitrogens with zero attached hydrogens (tertiary/aromatic N) is 1. The van der Waals surface area contributed by atoms with Crippen molar-refractivity contribution in [2.24, 2.45) is 4.99 Å². The van der Waals surface area contributed by atoms with Gasteiger partial charge in [-0.1, -0.05) is 11.8 Å². The molecule has 0 radical (unpaired) electrons. The fourth-order valence-electron chi connectivity index (χ4n) is 1.71. The topological polar surface area (TPSA) is 74.1 Å². The maximum Gasteiger partial charge on any atom is 0.159 e. The van der Waals surface area contributed by atoms with E-state index in [4.69, 9.17) is 9.84 Å². The summed E-state index contributed by atoms with van der Waals surface area (Å²) in [5, 5.41) is 21.8. The molecule has 0 aromatic heterocycles. The number of rotatable bonds is 1. The lowest BCUT2D eigenvalue weighted by molar-refractivity contribution is -0.147. The summed E-state index contributed by atoms with van der Waals surface area (Å²) in [5.74, 6) is 0. The van der Waals surface area contributed by atoms with Crippen molar-refractivity contribution in [1.82, 2.24) is 5.32 Å². The molecular weight excluding hydrogens is 223 g/mol. The van der Waals surface area contributed by atoms with Gasteiger partial charge in [-0.25, -0.2) is 4.39 Å². The van der Waals surface area contributed by atoms with Crippen molar-refractivity contribution >= 4 is 16.9 Å². The summed E-state index contributed by atoms with van der Waals surface area (Å²) >= 11 is 1.27. The molecule has 0 aliphatic carbocycles. The van der Waals surface area contributed by atoms with Gasteiger partial charge in [0.05, 0.1) is 12.6 Å². The van der Waals surface area contributed by atoms with Crippen LogP contribution in [0.2, 0.25) is 0 Å². The van der Waals surface area contributed by atoms with E-state index in [0.717, 1.165) is 0 Å². The molecule has 7 heteroatoms. The van der Waals surface area contributed by atoms with Gasteiger partial charge in [0.25, 0.3) is 0 Å². The number of hydrogen-bond acceptors (Lipinski definition) is 5. The third kappa shape index (κ3) is 1.84. The van der Waals surface area contributed by atoms with E-state index in [1.54, 1.807) is 7.05 Å². The predicted molar refractivity (Wildman–Crippen MR) is 54.5 cm³/mol. The molecule has 15 heavy (non-hydrogen) atoms. The monoisotopic (exact) mass is 236 g/mol. The number of aliphatic imine (C=N–C) groups is 1. The number of hydrogen-bond donors (Lipinski definition) is 3. The molecule has 2 heterocycles. The fraction of sp³-hybridized carbons (Fsp3) is 0.875. The van der Waals surface area contributed by atoms with E-state index >= 15 is 0 Å². The van der Waals surface area contributed by atoms with Crippen LogP contribution in [0.1, 0.15) is 0 Å². The Morgan fingerprint density at radius 1 is 1.67 bits per heavy atom. The minimum Gasteiger partial charge on any atom is -0.394 e. The van der Waals surface area contributed by atoms with Crippen molar-refractivity contribution in [3.05, 3.63) is 0 Å². The molecule has 1 unspecified atom stereocenters. The van der Waals surface area contributed by atoms with Gasteiger partial charge >= 0.3 is 0 Å². The first kappa shape index (κ1) is 11.1. The number of thioether (sulfide) groups is 1. The second-order valence-corrected chi connectivity index (χ2v) is 4.56. The Morgan fingerprint density at radius 2 is 2.40 bits per heavy atom. The number of aliphatic hydroxyl groups is 2. The fourth-order valence-corrected chi connectivity index (χ4v) is 2.80. The van der Waals surface area contributed by atoms with Crippen molar-refractivity contribution in [2.75, 3.05) is 13.7 Å². The van der Waals surface area contributed by atoms with Crippen LogP contribution in [-0.2, 0) is 4.74 Å². The highest BCUT2D eigenvalue weighted by Crippen LogP contribution is 2.34. The molecular formula is C8H13FN2O3S. The van der Waals surface area contributed by atoms with Gasteiger partial charge in [-0.2, -0.15) is 0 Å². The van der Waals surface area contributed by atoms with Crippen LogP contribution in [0.15, 0.2) is 4.99 Å². The second kappa shape index (κ2) is 4.25. The largest absolute Gasteiger partial charge is 0.394 e. The first-order valence-electron chi connectivity index (χ1n) is 4.65. The summed E-state index contributed by atoms with van der Waals surface area (Å²) < 4.78 is 19.1. The Kier molecular flexibility index (Phi) is 3.15. The van der Waals surface area contributed by atoms with Crippen LogP contribution in [0.3, 0.4) is 0 Å². The van der Waals surface area contributed by atoms with E-state index in [9.17, 15) is 9.50 Å². The molecule has 0 amide bonds. The van der Waals surface area contributed by atoms with Crippen LogP contribution in [0, 0.1) is 0 Å². The van der Waals surface area contributed by atoms with Crippen LogP contribution < -0.4 is 5.32 Å². The SMILES string of the molecule is CN=C1N[C@H]2C(O[C@H](CO)[C@@H](O)[C@@H]2F)S1. The summed E-state index contributed by atoms with van der Waals surface area (Å²) in [6.45, 7) is -0.385. The highest BCUT2D eigenvalue weighted by Gasteiger charge is 2.49. The molecule has 3 N–H and O–H groups in total. The molecule has 2 saturated heterocycles. The minimum atomic E-state index is -1.45. The second-order valence-electron chi connectivity index (χ2n) is 3.48. The molecule has 2 fully saturated rings. The van der Waals surface area contributed by atoms with E-state index in [-0.39, 0.29) is 6.61 Å². The summed E-state index contributed by atoms with van der Waals surface area (Å²) in [4.78, 5) is 3.90. The molecule has 0 aromatic rings. The molecule has 0 spiro atoms. The Balaban J connectivity index is 2.13. The summed E-state index contributed by atoms with van der Waals surface area (Å²) in [6, 6.07) is -0.591. The van der Waals surface area contributed by atoms with E-state index < -0.39 is 29.9 Å². The zero-order chi connectivity index (χ0) is 11.0. The minimum absolute atomic E-state index is 0.385. The van der Waals surface area contributed by atoms with E-state index in [1.807, 2.05) is 0 Å². The molecule has 86 valence electrons. The van der Waals surface area contributed by atoms with Crippen molar-refractivity contribution in [1.29, 1.82) is 0 Å². The summed E-state index contributed by atoms with van der Waals surface area (Å²) in [6.07, 6.45) is -3.60. The van der Waals surface area contributed by atoms with Gasteiger partial charge in [-0.15, -0.1) is 0 Å². The van der Waals surface area contributed by atoms with Gasteiger partial charge in [0, 0.05) is 7.05 Å². The number of aliphatic hydroxyl groups excluding tert-OH is 2. The Morgan fingerprint density at radius 3 is 3.00 bits per heavy atom. The maximum atomic E-state index is 13.7. The number of amidine groups is 1. The van der Waals surface area contributed by atoms with E-state index in [2.05, 4.69) is 10.3 Å². The third-order valence-corrected chi connectivity index (χ3v) is 3.71. The van der Waals surface area contributed by atoms with E-state index in [1.165, 1.54) is 11.8 Å². The lowest BCUT2D eigenvalue weighted by atomic mass is 10.00. The average Bonchev–Trinajstić information content (AvgIpc) is 2.66. The lowest BCUT2D eigenvalue weighted by Crippen LogP contribution is -2.57. The normalized spacial score (nSPS) is 47.7. The quantitative estimate of drug-likeness (QED) is 0.550. The molecule has 2 aliphatic heterocycles. The number of alkyl halides is 1. The Labute approximate surface area is 90.7 Å². The zero-order valence-corrected chi connectivity index (χ0v) is 8.95. The molecule has 0 saturated carbocycles.